The molecular formula is C18H20FNO3. The van der Waals surface area contributed by atoms with Crippen LogP contribution in [-0.2, 0) is 6.54 Å². The van der Waals surface area contributed by atoms with Gasteiger partial charge in [-0.05, 0) is 30.7 Å². The highest BCUT2D eigenvalue weighted by Gasteiger charge is 2.21. The monoisotopic (exact) mass is 317 g/mol. The number of aliphatic hydroxyl groups excluding tert-OH is 1. The molecule has 1 heterocycles. The Hall–Kier alpha value is -2.27. The van der Waals surface area contributed by atoms with Crippen molar-refractivity contribution in [2.24, 2.45) is 0 Å². The summed E-state index contributed by atoms with van der Waals surface area (Å²) in [5, 5.41) is 13.3. The zero-order valence-electron chi connectivity index (χ0n) is 13.0. The summed E-state index contributed by atoms with van der Waals surface area (Å²) >= 11 is 0. The minimum Gasteiger partial charge on any atom is -0.491 e. The molecule has 0 saturated carbocycles. The molecule has 3 rings (SSSR count). The van der Waals surface area contributed by atoms with E-state index in [1.54, 1.807) is 6.07 Å². The van der Waals surface area contributed by atoms with Crippen LogP contribution < -0.4 is 14.8 Å². The molecule has 0 fully saturated rings. The molecule has 0 aromatic heterocycles. The van der Waals surface area contributed by atoms with Crippen LogP contribution in [0.25, 0.3) is 0 Å². The van der Waals surface area contributed by atoms with Crippen LogP contribution in [0.1, 0.15) is 30.6 Å². The minimum absolute atomic E-state index is 0.264. The van der Waals surface area contributed by atoms with Crippen LogP contribution in [0.3, 0.4) is 0 Å². The van der Waals surface area contributed by atoms with E-state index >= 15 is 0 Å². The van der Waals surface area contributed by atoms with Gasteiger partial charge in [0.2, 0.25) is 0 Å². The number of benzene rings is 2. The highest BCUT2D eigenvalue weighted by Crippen LogP contribution is 2.38. The number of fused-ring (bicyclic) bond motifs is 1. The van der Waals surface area contributed by atoms with Gasteiger partial charge in [-0.15, -0.1) is 0 Å². The third-order valence-corrected chi connectivity index (χ3v) is 3.82. The summed E-state index contributed by atoms with van der Waals surface area (Å²) in [5.41, 5.74) is 2.40. The number of anilines is 1. The molecule has 1 aliphatic heterocycles. The number of aliphatic hydroxyl groups is 1. The zero-order valence-corrected chi connectivity index (χ0v) is 13.0. The van der Waals surface area contributed by atoms with E-state index in [-0.39, 0.29) is 11.6 Å². The summed E-state index contributed by atoms with van der Waals surface area (Å²) < 4.78 is 24.7. The fraction of sp³-hybridized carbons (Fsp3) is 0.333. The maximum absolute atomic E-state index is 13.9. The molecule has 0 amide bonds. The standard InChI is InChI=1S/C18H20FNO3/c1-2-22-17-7-6-12(10-14(17)19)11-20-15-5-3-4-13-16(21)8-9-23-18(13)15/h3-7,10,16,20-21H,2,8-9,11H2,1H3/t16-/m0/s1. The van der Waals surface area contributed by atoms with E-state index in [4.69, 9.17) is 9.47 Å². The van der Waals surface area contributed by atoms with Gasteiger partial charge in [0.15, 0.2) is 11.6 Å². The normalized spacial score (nSPS) is 16.4. The molecule has 0 radical (unpaired) electrons. The van der Waals surface area contributed by atoms with Crippen LogP contribution in [0.2, 0.25) is 0 Å². The number of hydrogen-bond acceptors (Lipinski definition) is 4. The lowest BCUT2D eigenvalue weighted by Crippen LogP contribution is -2.15. The van der Waals surface area contributed by atoms with Gasteiger partial charge in [-0.1, -0.05) is 18.2 Å². The zero-order chi connectivity index (χ0) is 16.2. The van der Waals surface area contributed by atoms with E-state index in [0.717, 1.165) is 16.8 Å². The van der Waals surface area contributed by atoms with E-state index in [1.165, 1.54) is 6.07 Å². The topological polar surface area (TPSA) is 50.7 Å². The van der Waals surface area contributed by atoms with Gasteiger partial charge in [0, 0.05) is 18.5 Å². The van der Waals surface area contributed by atoms with Crippen molar-refractivity contribution in [2.75, 3.05) is 18.5 Å². The van der Waals surface area contributed by atoms with E-state index in [9.17, 15) is 9.50 Å². The molecule has 0 spiro atoms. The highest BCUT2D eigenvalue weighted by atomic mass is 19.1. The van der Waals surface area contributed by atoms with Crippen molar-refractivity contribution >= 4 is 5.69 Å². The lowest BCUT2D eigenvalue weighted by atomic mass is 10.0. The first kappa shape index (κ1) is 15.6. The lowest BCUT2D eigenvalue weighted by molar-refractivity contribution is 0.116. The molecule has 2 aromatic carbocycles. The van der Waals surface area contributed by atoms with Crippen molar-refractivity contribution in [3.05, 3.63) is 53.3 Å². The Morgan fingerprint density at radius 3 is 3.00 bits per heavy atom. The summed E-state index contributed by atoms with van der Waals surface area (Å²) in [7, 11) is 0. The molecule has 0 bridgehead atoms. The van der Waals surface area contributed by atoms with Crippen molar-refractivity contribution in [3.63, 3.8) is 0 Å². The number of rotatable bonds is 5. The predicted octanol–water partition coefficient (Wildman–Crippen LogP) is 3.65. The molecule has 1 atom stereocenters. The van der Waals surface area contributed by atoms with Gasteiger partial charge in [0.05, 0.1) is 25.0 Å². The highest BCUT2D eigenvalue weighted by molar-refractivity contribution is 5.61. The van der Waals surface area contributed by atoms with E-state index in [0.29, 0.717) is 31.9 Å². The van der Waals surface area contributed by atoms with Gasteiger partial charge in [-0.3, -0.25) is 0 Å². The Morgan fingerprint density at radius 1 is 1.35 bits per heavy atom. The minimum atomic E-state index is -0.497. The van der Waals surface area contributed by atoms with Gasteiger partial charge in [-0.25, -0.2) is 4.39 Å². The van der Waals surface area contributed by atoms with Gasteiger partial charge in [0.25, 0.3) is 0 Å². The molecular weight excluding hydrogens is 297 g/mol. The summed E-state index contributed by atoms with van der Waals surface area (Å²) in [6.07, 6.45) is 0.101. The number of nitrogens with one attached hydrogen (secondary N) is 1. The average molecular weight is 317 g/mol. The van der Waals surface area contributed by atoms with E-state index < -0.39 is 6.10 Å². The molecule has 4 nitrogen and oxygen atoms in total. The van der Waals surface area contributed by atoms with Crippen molar-refractivity contribution in [3.8, 4) is 11.5 Å². The lowest BCUT2D eigenvalue weighted by Gasteiger charge is -2.24. The Kier molecular flexibility index (Phi) is 4.67. The number of halogens is 1. The van der Waals surface area contributed by atoms with Crippen LogP contribution in [0.5, 0.6) is 11.5 Å². The number of hydrogen-bond donors (Lipinski definition) is 2. The fourth-order valence-electron chi connectivity index (χ4n) is 2.67. The third-order valence-electron chi connectivity index (χ3n) is 3.82. The Bertz CT molecular complexity index is 690. The molecule has 122 valence electrons. The van der Waals surface area contributed by atoms with E-state index in [2.05, 4.69) is 5.32 Å². The Labute approximate surface area is 134 Å². The second-order valence-electron chi connectivity index (χ2n) is 5.43. The first-order valence-corrected chi connectivity index (χ1v) is 7.78. The molecule has 2 aromatic rings. The Morgan fingerprint density at radius 2 is 2.22 bits per heavy atom. The molecule has 0 saturated heterocycles. The van der Waals surface area contributed by atoms with Crippen LogP contribution in [0.4, 0.5) is 10.1 Å². The maximum atomic E-state index is 13.9. The molecule has 23 heavy (non-hydrogen) atoms. The second kappa shape index (κ2) is 6.87. The van der Waals surface area contributed by atoms with Crippen LogP contribution in [-0.4, -0.2) is 18.3 Å². The van der Waals surface area contributed by atoms with E-state index in [1.807, 2.05) is 31.2 Å². The predicted molar refractivity (Wildman–Crippen MR) is 86.4 cm³/mol. The SMILES string of the molecule is CCOc1ccc(CNc2cccc3c2OCC[C@@H]3O)cc1F. The molecule has 2 N–H and O–H groups in total. The smallest absolute Gasteiger partial charge is 0.165 e. The van der Waals surface area contributed by atoms with Crippen LogP contribution in [0.15, 0.2) is 36.4 Å². The van der Waals surface area contributed by atoms with Gasteiger partial charge in [0.1, 0.15) is 5.75 Å². The molecule has 5 heteroatoms. The maximum Gasteiger partial charge on any atom is 0.165 e. The van der Waals surface area contributed by atoms with Crippen molar-refractivity contribution in [1.29, 1.82) is 0 Å². The van der Waals surface area contributed by atoms with Crippen LogP contribution >= 0.6 is 0 Å². The van der Waals surface area contributed by atoms with Crippen molar-refractivity contribution in [1.82, 2.24) is 0 Å². The quantitative estimate of drug-likeness (QED) is 0.884. The van der Waals surface area contributed by atoms with Crippen molar-refractivity contribution < 1.29 is 19.0 Å². The third kappa shape index (κ3) is 3.40. The molecule has 0 unspecified atom stereocenters. The average Bonchev–Trinajstić information content (AvgIpc) is 2.56. The van der Waals surface area contributed by atoms with Crippen molar-refractivity contribution in [2.45, 2.75) is 26.0 Å². The van der Waals surface area contributed by atoms with Crippen LogP contribution in [0, 0.1) is 5.82 Å². The number of para-hydroxylation sites is 1. The fourth-order valence-corrected chi connectivity index (χ4v) is 2.67. The first-order valence-electron chi connectivity index (χ1n) is 7.78. The van der Waals surface area contributed by atoms with Gasteiger partial charge < -0.3 is 19.9 Å². The summed E-state index contributed by atoms with van der Waals surface area (Å²) in [6.45, 7) is 3.20. The van der Waals surface area contributed by atoms with Gasteiger partial charge >= 0.3 is 0 Å². The summed E-state index contributed by atoms with van der Waals surface area (Å²) in [6, 6.07) is 10.5. The number of ether oxygens (including phenoxy) is 2. The Balaban J connectivity index is 1.74. The summed E-state index contributed by atoms with van der Waals surface area (Å²) in [4.78, 5) is 0. The molecule has 1 aliphatic rings. The first-order chi connectivity index (χ1) is 11.2. The summed E-state index contributed by atoms with van der Waals surface area (Å²) in [5.74, 6) is 0.574. The largest absolute Gasteiger partial charge is 0.491 e. The molecule has 0 aliphatic carbocycles. The second-order valence-corrected chi connectivity index (χ2v) is 5.43. The van der Waals surface area contributed by atoms with Gasteiger partial charge in [-0.2, -0.15) is 0 Å².